The molecule has 3 atom stereocenters. The molecule has 1 saturated carbocycles. The van der Waals surface area contributed by atoms with E-state index < -0.39 is 17.6 Å². The van der Waals surface area contributed by atoms with Gasteiger partial charge in [0.05, 0.1) is 5.92 Å². The molecule has 1 aliphatic rings. The van der Waals surface area contributed by atoms with E-state index in [0.29, 0.717) is 13.0 Å². The van der Waals surface area contributed by atoms with Crippen LogP contribution in [-0.2, 0) is 0 Å². The van der Waals surface area contributed by atoms with Crippen molar-refractivity contribution < 1.29 is 13.2 Å². The molecular formula is C14H27F3N2. The van der Waals surface area contributed by atoms with Crippen LogP contribution in [0.1, 0.15) is 52.9 Å². The second-order valence-electron chi connectivity index (χ2n) is 5.81. The Morgan fingerprint density at radius 1 is 1.37 bits per heavy atom. The van der Waals surface area contributed by atoms with Crippen molar-refractivity contribution >= 4 is 0 Å². The fraction of sp³-hybridized carbons (Fsp3) is 1.00. The summed E-state index contributed by atoms with van der Waals surface area (Å²) in [6.45, 7) is 7.25. The monoisotopic (exact) mass is 280 g/mol. The maximum absolute atomic E-state index is 13.0. The topological polar surface area (TPSA) is 29.3 Å². The molecule has 0 spiro atoms. The molecule has 0 bridgehead atoms. The summed E-state index contributed by atoms with van der Waals surface area (Å²) in [4.78, 5) is 2.20. The molecule has 1 fully saturated rings. The Morgan fingerprint density at radius 3 is 2.42 bits per heavy atom. The van der Waals surface area contributed by atoms with E-state index in [1.807, 2.05) is 6.92 Å². The Hall–Kier alpha value is -0.290. The number of nitrogens with zero attached hydrogens (tertiary/aromatic N) is 1. The summed E-state index contributed by atoms with van der Waals surface area (Å²) in [5.74, 6) is -1.19. The van der Waals surface area contributed by atoms with Gasteiger partial charge in [0.1, 0.15) is 0 Å². The van der Waals surface area contributed by atoms with E-state index in [0.717, 1.165) is 19.4 Å². The number of likely N-dealkylation sites (N-methyl/N-ethyl adjacent to an activating group) is 1. The van der Waals surface area contributed by atoms with Crippen molar-refractivity contribution in [2.24, 2.45) is 11.7 Å². The first-order valence-electron chi connectivity index (χ1n) is 7.34. The predicted octanol–water partition coefficient (Wildman–Crippen LogP) is 3.56. The molecule has 0 aromatic heterocycles. The highest BCUT2D eigenvalue weighted by Gasteiger charge is 2.49. The lowest BCUT2D eigenvalue weighted by molar-refractivity contribution is -0.195. The van der Waals surface area contributed by atoms with Gasteiger partial charge in [0, 0.05) is 18.1 Å². The average Bonchev–Trinajstić information content (AvgIpc) is 2.38. The Bertz CT molecular complexity index is 280. The highest BCUT2D eigenvalue weighted by Crippen LogP contribution is 2.44. The molecule has 1 rings (SSSR count). The number of hydrogen-bond acceptors (Lipinski definition) is 2. The highest BCUT2D eigenvalue weighted by molar-refractivity contribution is 4.99. The molecule has 114 valence electrons. The number of rotatable bonds is 5. The van der Waals surface area contributed by atoms with Crippen molar-refractivity contribution in [1.29, 1.82) is 0 Å². The van der Waals surface area contributed by atoms with Crippen LogP contribution in [0, 0.1) is 5.92 Å². The zero-order valence-electron chi connectivity index (χ0n) is 12.3. The maximum atomic E-state index is 13.0. The third-order valence-corrected chi connectivity index (χ3v) is 4.74. The van der Waals surface area contributed by atoms with E-state index in [-0.39, 0.29) is 18.9 Å². The summed E-state index contributed by atoms with van der Waals surface area (Å²) in [7, 11) is 0. The van der Waals surface area contributed by atoms with Crippen LogP contribution >= 0.6 is 0 Å². The molecule has 0 heterocycles. The van der Waals surface area contributed by atoms with Gasteiger partial charge in [-0.05, 0) is 39.2 Å². The fourth-order valence-corrected chi connectivity index (χ4v) is 3.52. The second-order valence-corrected chi connectivity index (χ2v) is 5.81. The van der Waals surface area contributed by atoms with Crippen LogP contribution in [0.2, 0.25) is 0 Å². The number of hydrogen-bond donors (Lipinski definition) is 1. The SMILES string of the molecule is CCC(C)N(CC)C1(CN)CCCC(C(F)(F)F)C1. The summed E-state index contributed by atoms with van der Waals surface area (Å²) in [6.07, 6.45) is -1.33. The van der Waals surface area contributed by atoms with Gasteiger partial charge in [0.25, 0.3) is 0 Å². The van der Waals surface area contributed by atoms with Crippen LogP contribution < -0.4 is 5.73 Å². The molecule has 0 aromatic rings. The molecule has 2 N–H and O–H groups in total. The van der Waals surface area contributed by atoms with Crippen molar-refractivity contribution in [3.63, 3.8) is 0 Å². The molecule has 3 unspecified atom stereocenters. The molecule has 0 saturated heterocycles. The Balaban J connectivity index is 2.95. The van der Waals surface area contributed by atoms with Crippen molar-refractivity contribution in [2.75, 3.05) is 13.1 Å². The van der Waals surface area contributed by atoms with Gasteiger partial charge < -0.3 is 5.73 Å². The van der Waals surface area contributed by atoms with Gasteiger partial charge in [-0.1, -0.05) is 20.3 Å². The summed E-state index contributed by atoms with van der Waals surface area (Å²) in [5.41, 5.74) is 5.43. The lowest BCUT2D eigenvalue weighted by Gasteiger charge is -2.50. The molecular weight excluding hydrogens is 253 g/mol. The van der Waals surface area contributed by atoms with Crippen LogP contribution in [0.4, 0.5) is 13.2 Å². The quantitative estimate of drug-likeness (QED) is 0.834. The zero-order chi connectivity index (χ0) is 14.7. The lowest BCUT2D eigenvalue weighted by Crippen LogP contribution is -2.60. The molecule has 1 aliphatic carbocycles. The van der Waals surface area contributed by atoms with E-state index in [1.54, 1.807) is 0 Å². The van der Waals surface area contributed by atoms with Gasteiger partial charge in [0.15, 0.2) is 0 Å². The molecule has 5 heteroatoms. The Kier molecular flexibility index (Phi) is 5.68. The predicted molar refractivity (Wildman–Crippen MR) is 71.9 cm³/mol. The Morgan fingerprint density at radius 2 is 2.00 bits per heavy atom. The molecule has 0 radical (unpaired) electrons. The number of alkyl halides is 3. The smallest absolute Gasteiger partial charge is 0.329 e. The first-order chi connectivity index (χ1) is 8.80. The minimum absolute atomic E-state index is 0.158. The van der Waals surface area contributed by atoms with Crippen molar-refractivity contribution in [1.82, 2.24) is 4.90 Å². The fourth-order valence-electron chi connectivity index (χ4n) is 3.52. The van der Waals surface area contributed by atoms with E-state index in [9.17, 15) is 13.2 Å². The first-order valence-corrected chi connectivity index (χ1v) is 7.34. The lowest BCUT2D eigenvalue weighted by atomic mass is 9.73. The normalized spacial score (nSPS) is 30.6. The van der Waals surface area contributed by atoms with Crippen molar-refractivity contribution in [3.8, 4) is 0 Å². The van der Waals surface area contributed by atoms with Crippen LogP contribution in [0.5, 0.6) is 0 Å². The van der Waals surface area contributed by atoms with Crippen molar-refractivity contribution in [3.05, 3.63) is 0 Å². The van der Waals surface area contributed by atoms with Gasteiger partial charge in [-0.25, -0.2) is 0 Å². The van der Waals surface area contributed by atoms with Crippen molar-refractivity contribution in [2.45, 2.75) is 70.6 Å². The molecule has 0 aliphatic heterocycles. The van der Waals surface area contributed by atoms with E-state index in [4.69, 9.17) is 5.73 Å². The minimum atomic E-state index is -4.09. The third kappa shape index (κ3) is 3.63. The van der Waals surface area contributed by atoms with Crippen LogP contribution in [0.15, 0.2) is 0 Å². The van der Waals surface area contributed by atoms with Crippen LogP contribution in [0.3, 0.4) is 0 Å². The minimum Gasteiger partial charge on any atom is -0.329 e. The van der Waals surface area contributed by atoms with E-state index >= 15 is 0 Å². The zero-order valence-corrected chi connectivity index (χ0v) is 12.3. The van der Waals surface area contributed by atoms with Gasteiger partial charge >= 0.3 is 6.18 Å². The van der Waals surface area contributed by atoms with E-state index in [2.05, 4.69) is 18.7 Å². The maximum Gasteiger partial charge on any atom is 0.391 e. The number of nitrogens with two attached hydrogens (primary N) is 1. The van der Waals surface area contributed by atoms with Gasteiger partial charge in [0.2, 0.25) is 0 Å². The summed E-state index contributed by atoms with van der Waals surface area (Å²) in [5, 5.41) is 0. The van der Waals surface area contributed by atoms with Gasteiger partial charge in [-0.3, -0.25) is 4.90 Å². The van der Waals surface area contributed by atoms with Gasteiger partial charge in [-0.2, -0.15) is 13.2 Å². The second kappa shape index (κ2) is 6.44. The largest absolute Gasteiger partial charge is 0.391 e. The van der Waals surface area contributed by atoms with E-state index in [1.165, 1.54) is 0 Å². The number of halogens is 3. The summed E-state index contributed by atoms with van der Waals surface area (Å²) >= 11 is 0. The first kappa shape index (κ1) is 16.8. The Labute approximate surface area is 114 Å². The average molecular weight is 280 g/mol. The molecule has 19 heavy (non-hydrogen) atoms. The summed E-state index contributed by atoms with van der Waals surface area (Å²) in [6, 6.07) is 0.278. The molecule has 0 amide bonds. The third-order valence-electron chi connectivity index (χ3n) is 4.74. The van der Waals surface area contributed by atoms with Gasteiger partial charge in [-0.15, -0.1) is 0 Å². The molecule has 0 aromatic carbocycles. The standard InChI is InChI=1S/C14H27F3N2/c1-4-11(3)19(5-2)13(10-18)8-6-7-12(9-13)14(15,16)17/h11-12H,4-10,18H2,1-3H3. The molecule has 2 nitrogen and oxygen atoms in total. The highest BCUT2D eigenvalue weighted by atomic mass is 19.4. The van der Waals surface area contributed by atoms with Crippen LogP contribution in [0.25, 0.3) is 0 Å². The van der Waals surface area contributed by atoms with Crippen LogP contribution in [-0.4, -0.2) is 35.7 Å². The summed E-state index contributed by atoms with van der Waals surface area (Å²) < 4.78 is 39.0.